The molecule has 0 aliphatic heterocycles. The van der Waals surface area contributed by atoms with Crippen LogP contribution in [0.25, 0.3) is 11.4 Å². The van der Waals surface area contributed by atoms with Gasteiger partial charge >= 0.3 is 5.97 Å². The van der Waals surface area contributed by atoms with Gasteiger partial charge in [-0.15, -0.1) is 0 Å². The lowest BCUT2D eigenvalue weighted by Crippen LogP contribution is -2.12. The van der Waals surface area contributed by atoms with Gasteiger partial charge < -0.3 is 25.4 Å². The molecular formula is C29H33N5O3. The number of carbonyl (C=O) groups is 1. The summed E-state index contributed by atoms with van der Waals surface area (Å²) in [6.07, 6.45) is 4.51. The molecule has 8 heteroatoms. The van der Waals surface area contributed by atoms with Crippen molar-refractivity contribution in [1.82, 2.24) is 14.5 Å². The molecule has 0 spiro atoms. The fourth-order valence-corrected chi connectivity index (χ4v) is 4.44. The summed E-state index contributed by atoms with van der Waals surface area (Å²) in [5.41, 5.74) is 8.27. The number of anilines is 3. The highest BCUT2D eigenvalue weighted by Crippen LogP contribution is 2.30. The zero-order valence-electron chi connectivity index (χ0n) is 21.8. The highest BCUT2D eigenvalue weighted by atomic mass is 16.4. The standard InChI is InChI=1S/C29H33N5O3/c1-6-19-9-8-10-20(7-2)26(19)32-27(35)22-14-24(34(5)16-22)25-18(4)15-30-29(33-25)31-23-12-11-21(28(36)37)13-17(23)3/h8-16,27,32,35H,6-7H2,1-5H3,(H,36,37)(H,30,31,33). The molecule has 2 heterocycles. The van der Waals surface area contributed by atoms with Crippen LogP contribution < -0.4 is 10.6 Å². The highest BCUT2D eigenvalue weighted by Gasteiger charge is 2.18. The Kier molecular flexibility index (Phi) is 7.59. The van der Waals surface area contributed by atoms with Crippen LogP contribution in [0.5, 0.6) is 0 Å². The first kappa shape index (κ1) is 25.9. The van der Waals surface area contributed by atoms with Crippen molar-refractivity contribution in [2.45, 2.75) is 46.8 Å². The second-order valence-electron chi connectivity index (χ2n) is 9.16. The number of aliphatic hydroxyl groups excluding tert-OH is 1. The molecule has 4 aromatic rings. The predicted molar refractivity (Wildman–Crippen MR) is 146 cm³/mol. The van der Waals surface area contributed by atoms with Crippen LogP contribution >= 0.6 is 0 Å². The third-order valence-electron chi connectivity index (χ3n) is 6.56. The van der Waals surface area contributed by atoms with Gasteiger partial charge in [0.2, 0.25) is 5.95 Å². The number of hydrogen-bond donors (Lipinski definition) is 4. The van der Waals surface area contributed by atoms with Gasteiger partial charge in [-0.2, -0.15) is 0 Å². The molecular weight excluding hydrogens is 466 g/mol. The van der Waals surface area contributed by atoms with Crippen molar-refractivity contribution in [3.05, 3.63) is 88.2 Å². The molecule has 0 radical (unpaired) electrons. The van der Waals surface area contributed by atoms with Gasteiger partial charge in [0, 0.05) is 36.4 Å². The molecule has 37 heavy (non-hydrogen) atoms. The topological polar surface area (TPSA) is 112 Å². The van der Waals surface area contributed by atoms with E-state index in [0.717, 1.165) is 52.3 Å². The lowest BCUT2D eigenvalue weighted by molar-refractivity contribution is 0.0697. The molecule has 2 aromatic carbocycles. The summed E-state index contributed by atoms with van der Waals surface area (Å²) >= 11 is 0. The minimum Gasteiger partial charge on any atom is -0.478 e. The number of aryl methyl sites for hydroxylation is 5. The number of hydrogen-bond acceptors (Lipinski definition) is 6. The van der Waals surface area contributed by atoms with Crippen LogP contribution in [-0.4, -0.2) is 30.7 Å². The monoisotopic (exact) mass is 499 g/mol. The molecule has 1 atom stereocenters. The van der Waals surface area contributed by atoms with E-state index < -0.39 is 12.2 Å². The van der Waals surface area contributed by atoms with Crippen molar-refractivity contribution < 1.29 is 15.0 Å². The molecule has 4 rings (SSSR count). The Bertz CT molecular complexity index is 1420. The number of aromatic carboxylic acids is 1. The van der Waals surface area contributed by atoms with E-state index in [2.05, 4.69) is 47.7 Å². The molecule has 192 valence electrons. The van der Waals surface area contributed by atoms with E-state index in [4.69, 9.17) is 4.98 Å². The molecule has 0 aliphatic rings. The van der Waals surface area contributed by atoms with Crippen molar-refractivity contribution in [3.8, 4) is 11.4 Å². The Hall–Kier alpha value is -4.17. The second-order valence-corrected chi connectivity index (χ2v) is 9.16. The fraction of sp³-hybridized carbons (Fsp3) is 0.276. The molecule has 0 amide bonds. The highest BCUT2D eigenvalue weighted by molar-refractivity contribution is 5.88. The lowest BCUT2D eigenvalue weighted by atomic mass is 10.0. The van der Waals surface area contributed by atoms with Gasteiger partial charge in [-0.25, -0.2) is 14.8 Å². The van der Waals surface area contributed by atoms with E-state index in [0.29, 0.717) is 5.95 Å². The average Bonchev–Trinajstić information content (AvgIpc) is 3.27. The third kappa shape index (κ3) is 5.49. The summed E-state index contributed by atoms with van der Waals surface area (Å²) in [6.45, 7) is 8.00. The maximum absolute atomic E-state index is 11.2. The van der Waals surface area contributed by atoms with Crippen LogP contribution in [0, 0.1) is 13.8 Å². The third-order valence-corrected chi connectivity index (χ3v) is 6.56. The van der Waals surface area contributed by atoms with Crippen molar-refractivity contribution in [2.24, 2.45) is 7.05 Å². The number of benzene rings is 2. The first-order valence-electron chi connectivity index (χ1n) is 12.4. The minimum atomic E-state index is -0.969. The quantitative estimate of drug-likeness (QED) is 0.216. The molecule has 2 aromatic heterocycles. The van der Waals surface area contributed by atoms with Crippen LogP contribution in [0.3, 0.4) is 0 Å². The molecule has 0 aliphatic carbocycles. The number of para-hydroxylation sites is 1. The smallest absolute Gasteiger partial charge is 0.335 e. The number of carboxylic acid groups (broad SMARTS) is 1. The summed E-state index contributed by atoms with van der Waals surface area (Å²) in [5.74, 6) is -0.568. The summed E-state index contributed by atoms with van der Waals surface area (Å²) in [4.78, 5) is 20.4. The van der Waals surface area contributed by atoms with Crippen LogP contribution in [0.4, 0.5) is 17.3 Å². The van der Waals surface area contributed by atoms with Gasteiger partial charge in [0.05, 0.1) is 17.0 Å². The molecule has 0 fully saturated rings. The summed E-state index contributed by atoms with van der Waals surface area (Å²) in [7, 11) is 1.92. The Morgan fingerprint density at radius 1 is 1.05 bits per heavy atom. The Morgan fingerprint density at radius 2 is 1.76 bits per heavy atom. The molecule has 1 unspecified atom stereocenters. The van der Waals surface area contributed by atoms with E-state index >= 15 is 0 Å². The van der Waals surface area contributed by atoms with Crippen LogP contribution in [0.15, 0.2) is 54.9 Å². The molecule has 0 saturated carbocycles. The number of nitrogens with zero attached hydrogens (tertiary/aromatic N) is 3. The minimum absolute atomic E-state index is 0.227. The first-order chi connectivity index (χ1) is 17.7. The van der Waals surface area contributed by atoms with E-state index in [1.165, 1.54) is 11.1 Å². The van der Waals surface area contributed by atoms with Gasteiger partial charge in [0.15, 0.2) is 6.23 Å². The Morgan fingerprint density at radius 3 is 2.38 bits per heavy atom. The van der Waals surface area contributed by atoms with Crippen molar-refractivity contribution in [3.63, 3.8) is 0 Å². The normalized spacial score (nSPS) is 11.8. The summed E-state index contributed by atoms with van der Waals surface area (Å²) in [5, 5.41) is 26.8. The van der Waals surface area contributed by atoms with Crippen molar-refractivity contribution in [2.75, 3.05) is 10.6 Å². The van der Waals surface area contributed by atoms with E-state index in [9.17, 15) is 15.0 Å². The second kappa shape index (κ2) is 10.8. The zero-order valence-corrected chi connectivity index (χ0v) is 21.8. The van der Waals surface area contributed by atoms with Gasteiger partial charge in [0.1, 0.15) is 0 Å². The maximum Gasteiger partial charge on any atom is 0.335 e. The van der Waals surface area contributed by atoms with Gasteiger partial charge in [0.25, 0.3) is 0 Å². The number of aromatic nitrogens is 3. The number of carboxylic acids is 1. The lowest BCUT2D eigenvalue weighted by Gasteiger charge is -2.19. The maximum atomic E-state index is 11.2. The number of nitrogens with one attached hydrogen (secondary N) is 2. The fourth-order valence-electron chi connectivity index (χ4n) is 4.44. The van der Waals surface area contributed by atoms with Crippen LogP contribution in [0.2, 0.25) is 0 Å². The summed E-state index contributed by atoms with van der Waals surface area (Å²) in [6, 6.07) is 13.0. The molecule has 0 saturated heterocycles. The number of aliphatic hydroxyl groups is 1. The molecule has 0 bridgehead atoms. The van der Waals surface area contributed by atoms with Gasteiger partial charge in [-0.1, -0.05) is 32.0 Å². The van der Waals surface area contributed by atoms with E-state index in [1.54, 1.807) is 24.4 Å². The SMILES string of the molecule is CCc1cccc(CC)c1NC(O)c1cc(-c2nc(Nc3ccc(C(=O)O)cc3C)ncc2C)n(C)c1. The summed E-state index contributed by atoms with van der Waals surface area (Å²) < 4.78 is 1.94. The largest absolute Gasteiger partial charge is 0.478 e. The molecule has 4 N–H and O–H groups in total. The van der Waals surface area contributed by atoms with Crippen LogP contribution in [0.1, 0.15) is 58.3 Å². The number of rotatable bonds is 9. The van der Waals surface area contributed by atoms with Crippen LogP contribution in [-0.2, 0) is 19.9 Å². The van der Waals surface area contributed by atoms with E-state index in [-0.39, 0.29) is 5.56 Å². The first-order valence-corrected chi connectivity index (χ1v) is 12.4. The van der Waals surface area contributed by atoms with Crippen molar-refractivity contribution in [1.29, 1.82) is 0 Å². The van der Waals surface area contributed by atoms with Crippen molar-refractivity contribution >= 4 is 23.3 Å². The predicted octanol–water partition coefficient (Wildman–Crippen LogP) is 5.77. The van der Waals surface area contributed by atoms with E-state index in [1.807, 2.05) is 37.7 Å². The molecule has 8 nitrogen and oxygen atoms in total. The zero-order chi connectivity index (χ0) is 26.7. The van der Waals surface area contributed by atoms with Gasteiger partial charge in [-0.05, 0) is 73.2 Å². The average molecular weight is 500 g/mol. The Balaban J connectivity index is 1.62. The Labute approximate surface area is 217 Å². The van der Waals surface area contributed by atoms with Gasteiger partial charge in [-0.3, -0.25) is 0 Å².